The summed E-state index contributed by atoms with van der Waals surface area (Å²) in [5.74, 6) is 3.12. The fourth-order valence-electron chi connectivity index (χ4n) is 4.14. The lowest BCUT2D eigenvalue weighted by molar-refractivity contribution is -0.133. The average molecular weight is 339 g/mol. The third-order valence-corrected chi connectivity index (χ3v) is 5.50. The molecule has 0 bridgehead atoms. The maximum atomic E-state index is 13.0. The van der Waals surface area contributed by atoms with Crippen molar-refractivity contribution in [3.05, 3.63) is 47.9 Å². The van der Waals surface area contributed by atoms with E-state index < -0.39 is 0 Å². The van der Waals surface area contributed by atoms with Crippen molar-refractivity contribution < 1.29 is 18.7 Å². The summed E-state index contributed by atoms with van der Waals surface area (Å²) in [6, 6.07) is 10.1. The molecule has 130 valence electrons. The third-order valence-electron chi connectivity index (χ3n) is 5.50. The number of furan rings is 1. The Labute approximate surface area is 146 Å². The number of amides is 1. The number of hydrogen-bond donors (Lipinski definition) is 0. The Morgan fingerprint density at radius 1 is 1.12 bits per heavy atom. The highest BCUT2D eigenvalue weighted by molar-refractivity contribution is 5.83. The van der Waals surface area contributed by atoms with Crippen LogP contribution < -0.4 is 9.47 Å². The van der Waals surface area contributed by atoms with Crippen molar-refractivity contribution in [2.24, 2.45) is 5.92 Å². The van der Waals surface area contributed by atoms with Crippen molar-refractivity contribution in [1.29, 1.82) is 0 Å². The number of carbonyl (C=O) groups excluding carboxylic acids is 1. The second-order valence-corrected chi connectivity index (χ2v) is 7.06. The molecule has 0 spiro atoms. The van der Waals surface area contributed by atoms with Gasteiger partial charge >= 0.3 is 0 Å². The number of nitrogens with zero attached hydrogens (tertiary/aromatic N) is 1. The van der Waals surface area contributed by atoms with Crippen molar-refractivity contribution in [2.75, 3.05) is 19.8 Å². The normalized spacial score (nSPS) is 27.4. The highest BCUT2D eigenvalue weighted by atomic mass is 16.6. The Bertz CT molecular complexity index is 785. The lowest BCUT2D eigenvalue weighted by Crippen LogP contribution is -2.32. The third kappa shape index (κ3) is 2.58. The number of ether oxygens (including phenoxy) is 2. The van der Waals surface area contributed by atoms with Crippen molar-refractivity contribution in [1.82, 2.24) is 4.90 Å². The molecule has 1 saturated carbocycles. The van der Waals surface area contributed by atoms with E-state index in [1.807, 2.05) is 24.3 Å². The van der Waals surface area contributed by atoms with Gasteiger partial charge in [-0.3, -0.25) is 4.79 Å². The maximum Gasteiger partial charge on any atom is 0.226 e. The van der Waals surface area contributed by atoms with Crippen LogP contribution in [0.5, 0.6) is 11.5 Å². The molecule has 1 aliphatic carbocycles. The van der Waals surface area contributed by atoms with E-state index in [0.717, 1.165) is 48.6 Å². The summed E-state index contributed by atoms with van der Waals surface area (Å²) in [6.07, 6.45) is 4.63. The monoisotopic (exact) mass is 339 g/mol. The van der Waals surface area contributed by atoms with Gasteiger partial charge in [-0.15, -0.1) is 0 Å². The van der Waals surface area contributed by atoms with Crippen LogP contribution in [0.4, 0.5) is 0 Å². The van der Waals surface area contributed by atoms with E-state index in [9.17, 15) is 4.79 Å². The Morgan fingerprint density at radius 2 is 2.00 bits per heavy atom. The minimum Gasteiger partial charge on any atom is -0.486 e. The number of benzene rings is 1. The van der Waals surface area contributed by atoms with Crippen molar-refractivity contribution in [2.45, 2.75) is 31.2 Å². The number of hydrogen-bond acceptors (Lipinski definition) is 4. The van der Waals surface area contributed by atoms with E-state index in [1.165, 1.54) is 0 Å². The summed E-state index contributed by atoms with van der Waals surface area (Å²) in [7, 11) is 0. The first-order valence-corrected chi connectivity index (χ1v) is 9.05. The second-order valence-electron chi connectivity index (χ2n) is 7.06. The highest BCUT2D eigenvalue weighted by Crippen LogP contribution is 2.50. The van der Waals surface area contributed by atoms with E-state index in [0.29, 0.717) is 13.2 Å². The minimum atomic E-state index is 0.0731. The predicted molar refractivity (Wildman–Crippen MR) is 90.7 cm³/mol. The molecular weight excluding hydrogens is 318 g/mol. The molecule has 3 aliphatic rings. The number of rotatable bonds is 3. The van der Waals surface area contributed by atoms with Crippen molar-refractivity contribution in [3.8, 4) is 11.5 Å². The van der Waals surface area contributed by atoms with Crippen LogP contribution in [0.25, 0.3) is 0 Å². The van der Waals surface area contributed by atoms with Gasteiger partial charge in [-0.25, -0.2) is 0 Å². The molecule has 3 heterocycles. The molecule has 5 rings (SSSR count). The van der Waals surface area contributed by atoms with Crippen LogP contribution in [0.15, 0.2) is 41.0 Å². The van der Waals surface area contributed by atoms with Gasteiger partial charge in [0.05, 0.1) is 12.3 Å². The van der Waals surface area contributed by atoms with E-state index in [-0.39, 0.29) is 23.8 Å². The first kappa shape index (κ1) is 14.9. The van der Waals surface area contributed by atoms with Crippen LogP contribution in [0.3, 0.4) is 0 Å². The van der Waals surface area contributed by atoms with Crippen LogP contribution in [0, 0.1) is 5.92 Å². The van der Waals surface area contributed by atoms with E-state index >= 15 is 0 Å². The van der Waals surface area contributed by atoms with Crippen LogP contribution in [-0.4, -0.2) is 30.6 Å². The number of fused-ring (bicyclic) bond motifs is 1. The van der Waals surface area contributed by atoms with Gasteiger partial charge in [-0.05, 0) is 49.1 Å². The summed E-state index contributed by atoms with van der Waals surface area (Å²) in [5, 5.41) is 0. The van der Waals surface area contributed by atoms with Gasteiger partial charge in [0, 0.05) is 18.4 Å². The number of likely N-dealkylation sites (tertiary alicyclic amines) is 1. The minimum absolute atomic E-state index is 0.0731. The molecule has 5 nitrogen and oxygen atoms in total. The molecule has 0 radical (unpaired) electrons. The molecule has 1 saturated heterocycles. The van der Waals surface area contributed by atoms with Gasteiger partial charge in [-0.2, -0.15) is 0 Å². The van der Waals surface area contributed by atoms with E-state index in [1.54, 1.807) is 6.26 Å². The summed E-state index contributed by atoms with van der Waals surface area (Å²) >= 11 is 0. The van der Waals surface area contributed by atoms with Crippen LogP contribution in [0.2, 0.25) is 0 Å². The van der Waals surface area contributed by atoms with Gasteiger partial charge in [0.2, 0.25) is 5.91 Å². The van der Waals surface area contributed by atoms with Crippen LogP contribution in [0.1, 0.15) is 42.5 Å². The second kappa shape index (κ2) is 5.83. The molecule has 1 amide bonds. The number of carbonyl (C=O) groups is 1. The van der Waals surface area contributed by atoms with E-state index in [2.05, 4.69) is 11.0 Å². The van der Waals surface area contributed by atoms with Gasteiger partial charge in [-0.1, -0.05) is 6.07 Å². The first-order valence-electron chi connectivity index (χ1n) is 9.05. The van der Waals surface area contributed by atoms with Crippen LogP contribution in [-0.2, 0) is 4.79 Å². The van der Waals surface area contributed by atoms with Crippen molar-refractivity contribution in [3.63, 3.8) is 0 Å². The lowest BCUT2D eigenvalue weighted by atomic mass is 10.0. The van der Waals surface area contributed by atoms with Gasteiger partial charge in [0.25, 0.3) is 0 Å². The lowest BCUT2D eigenvalue weighted by Gasteiger charge is -2.27. The highest BCUT2D eigenvalue weighted by Gasteiger charge is 2.49. The van der Waals surface area contributed by atoms with Crippen LogP contribution >= 0.6 is 0 Å². The smallest absolute Gasteiger partial charge is 0.226 e. The molecule has 5 heteroatoms. The summed E-state index contributed by atoms with van der Waals surface area (Å²) < 4.78 is 16.8. The van der Waals surface area contributed by atoms with E-state index in [4.69, 9.17) is 13.9 Å². The molecule has 1 aromatic heterocycles. The van der Waals surface area contributed by atoms with Gasteiger partial charge in [0.15, 0.2) is 11.5 Å². The molecule has 3 atom stereocenters. The fraction of sp³-hybridized carbons (Fsp3) is 0.450. The molecule has 1 aromatic carbocycles. The largest absolute Gasteiger partial charge is 0.486 e. The predicted octanol–water partition coefficient (Wildman–Crippen LogP) is 3.52. The summed E-state index contributed by atoms with van der Waals surface area (Å²) in [4.78, 5) is 15.1. The van der Waals surface area contributed by atoms with Crippen molar-refractivity contribution >= 4 is 5.91 Å². The Hall–Kier alpha value is -2.43. The SMILES string of the molecule is O=C([C@@H]1C[C@H]1c1ccco1)N1CCC[C@@H]1c1ccc2c(c1)OCCO2. The maximum absolute atomic E-state index is 13.0. The summed E-state index contributed by atoms with van der Waals surface area (Å²) in [6.45, 7) is 2.01. The Kier molecular flexibility index (Phi) is 3.47. The Balaban J connectivity index is 1.35. The molecule has 0 unspecified atom stereocenters. The average Bonchev–Trinajstić information content (AvgIpc) is 3.06. The zero-order valence-electron chi connectivity index (χ0n) is 14.0. The summed E-state index contributed by atoms with van der Waals surface area (Å²) in [5.41, 5.74) is 1.14. The zero-order valence-corrected chi connectivity index (χ0v) is 14.0. The standard InChI is InChI=1S/C20H21NO4/c22-20(15-12-14(15)17-4-2-8-23-17)21-7-1-3-16(21)13-5-6-18-19(11-13)25-10-9-24-18/h2,4-6,8,11,14-16H,1,3,7,9-10,12H2/t14-,15-,16-/m1/s1. The molecule has 2 fully saturated rings. The molecule has 0 N–H and O–H groups in total. The zero-order chi connectivity index (χ0) is 16.8. The van der Waals surface area contributed by atoms with Gasteiger partial charge < -0.3 is 18.8 Å². The Morgan fingerprint density at radius 3 is 2.84 bits per heavy atom. The fourth-order valence-corrected chi connectivity index (χ4v) is 4.14. The molecule has 2 aromatic rings. The molecule has 25 heavy (non-hydrogen) atoms. The molecular formula is C20H21NO4. The molecule has 2 aliphatic heterocycles. The quantitative estimate of drug-likeness (QED) is 0.858. The topological polar surface area (TPSA) is 51.9 Å². The first-order chi connectivity index (χ1) is 12.3. The van der Waals surface area contributed by atoms with Gasteiger partial charge in [0.1, 0.15) is 19.0 Å².